The fraction of sp³-hybridized carbons (Fsp3) is 0.188. The molecule has 0 unspecified atom stereocenters. The van der Waals surface area contributed by atoms with Crippen LogP contribution in [-0.4, -0.2) is 19.7 Å². The van der Waals surface area contributed by atoms with Gasteiger partial charge in [0.1, 0.15) is 18.1 Å². The van der Waals surface area contributed by atoms with E-state index < -0.39 is 5.97 Å². The normalized spacial score (nSPS) is 10.1. The Morgan fingerprint density at radius 1 is 1.09 bits per heavy atom. The van der Waals surface area contributed by atoms with E-state index in [0.29, 0.717) is 15.8 Å². The SMILES string of the molecule is COc1ccc(COC(=O)COc2ccc(Cl)cc2Cl)cc1. The number of hydrogen-bond acceptors (Lipinski definition) is 4. The van der Waals surface area contributed by atoms with Crippen molar-refractivity contribution in [2.45, 2.75) is 6.61 Å². The van der Waals surface area contributed by atoms with Crippen molar-refractivity contribution >= 4 is 29.2 Å². The molecule has 0 spiro atoms. The Bertz CT molecular complexity index is 641. The molecule has 0 heterocycles. The number of esters is 1. The number of ether oxygens (including phenoxy) is 3. The van der Waals surface area contributed by atoms with Crippen LogP contribution in [-0.2, 0) is 16.1 Å². The highest BCUT2D eigenvalue weighted by Gasteiger charge is 2.08. The summed E-state index contributed by atoms with van der Waals surface area (Å²) in [4.78, 5) is 11.6. The predicted molar refractivity (Wildman–Crippen MR) is 84.7 cm³/mol. The molecule has 0 fully saturated rings. The van der Waals surface area contributed by atoms with Gasteiger partial charge in [-0.05, 0) is 35.9 Å². The molecule has 6 heteroatoms. The first-order valence-corrected chi connectivity index (χ1v) is 7.20. The molecular weight excluding hydrogens is 327 g/mol. The van der Waals surface area contributed by atoms with Crippen LogP contribution >= 0.6 is 23.2 Å². The van der Waals surface area contributed by atoms with Gasteiger partial charge in [0.05, 0.1) is 12.1 Å². The second kappa shape index (κ2) is 7.92. The lowest BCUT2D eigenvalue weighted by atomic mass is 10.2. The van der Waals surface area contributed by atoms with E-state index in [2.05, 4.69) is 0 Å². The molecule has 2 aromatic rings. The number of carbonyl (C=O) groups excluding carboxylic acids is 1. The van der Waals surface area contributed by atoms with Crippen molar-refractivity contribution in [3.05, 3.63) is 58.1 Å². The summed E-state index contributed by atoms with van der Waals surface area (Å²) in [6.45, 7) is -0.0575. The molecule has 0 saturated carbocycles. The van der Waals surface area contributed by atoms with E-state index in [1.807, 2.05) is 12.1 Å². The molecule has 116 valence electrons. The van der Waals surface area contributed by atoms with Crippen molar-refractivity contribution in [3.8, 4) is 11.5 Å². The van der Waals surface area contributed by atoms with Crippen LogP contribution < -0.4 is 9.47 Å². The summed E-state index contributed by atoms with van der Waals surface area (Å²) in [5, 5.41) is 0.842. The van der Waals surface area contributed by atoms with Crippen molar-refractivity contribution in [1.29, 1.82) is 0 Å². The van der Waals surface area contributed by atoms with Crippen LogP contribution in [0.3, 0.4) is 0 Å². The van der Waals surface area contributed by atoms with Crippen LogP contribution in [0.5, 0.6) is 11.5 Å². The Morgan fingerprint density at radius 2 is 1.82 bits per heavy atom. The third-order valence-electron chi connectivity index (χ3n) is 2.80. The lowest BCUT2D eigenvalue weighted by molar-refractivity contribution is -0.147. The third-order valence-corrected chi connectivity index (χ3v) is 3.33. The molecule has 0 bridgehead atoms. The summed E-state index contributed by atoms with van der Waals surface area (Å²) in [5.41, 5.74) is 0.860. The number of carbonyl (C=O) groups is 1. The van der Waals surface area contributed by atoms with Gasteiger partial charge in [-0.1, -0.05) is 35.3 Å². The first-order valence-electron chi connectivity index (χ1n) is 6.45. The summed E-state index contributed by atoms with van der Waals surface area (Å²) in [7, 11) is 1.59. The predicted octanol–water partition coefficient (Wildman–Crippen LogP) is 4.12. The third kappa shape index (κ3) is 4.83. The molecular formula is C16H14Cl2O4. The highest BCUT2D eigenvalue weighted by molar-refractivity contribution is 6.35. The first-order chi connectivity index (χ1) is 10.6. The van der Waals surface area contributed by atoms with Gasteiger partial charge in [-0.3, -0.25) is 0 Å². The van der Waals surface area contributed by atoms with E-state index in [1.165, 1.54) is 0 Å². The molecule has 0 N–H and O–H groups in total. The van der Waals surface area contributed by atoms with Gasteiger partial charge in [0.15, 0.2) is 6.61 Å². The van der Waals surface area contributed by atoms with E-state index in [4.69, 9.17) is 37.4 Å². The minimum atomic E-state index is -0.484. The fourth-order valence-electron chi connectivity index (χ4n) is 1.66. The topological polar surface area (TPSA) is 44.8 Å². The van der Waals surface area contributed by atoms with Crippen LogP contribution in [0.2, 0.25) is 10.0 Å². The quantitative estimate of drug-likeness (QED) is 0.742. The van der Waals surface area contributed by atoms with Gasteiger partial charge in [-0.15, -0.1) is 0 Å². The highest BCUT2D eigenvalue weighted by Crippen LogP contribution is 2.27. The van der Waals surface area contributed by atoms with Crippen molar-refractivity contribution in [3.63, 3.8) is 0 Å². The number of hydrogen-bond donors (Lipinski definition) is 0. The molecule has 2 aromatic carbocycles. The summed E-state index contributed by atoms with van der Waals surface area (Å²) in [6.07, 6.45) is 0. The molecule has 0 aromatic heterocycles. The van der Waals surface area contributed by atoms with Gasteiger partial charge in [0, 0.05) is 5.02 Å². The minimum Gasteiger partial charge on any atom is -0.497 e. The zero-order valence-corrected chi connectivity index (χ0v) is 13.4. The second-order valence-corrected chi connectivity index (χ2v) is 5.22. The van der Waals surface area contributed by atoms with Gasteiger partial charge in [0.2, 0.25) is 0 Å². The Morgan fingerprint density at radius 3 is 2.45 bits per heavy atom. The lowest BCUT2D eigenvalue weighted by Crippen LogP contribution is -2.14. The number of benzene rings is 2. The number of halogens is 2. The van der Waals surface area contributed by atoms with Crippen LogP contribution in [0.1, 0.15) is 5.56 Å². The fourth-order valence-corrected chi connectivity index (χ4v) is 2.12. The lowest BCUT2D eigenvalue weighted by Gasteiger charge is -2.09. The van der Waals surface area contributed by atoms with Gasteiger partial charge in [-0.25, -0.2) is 4.79 Å². The van der Waals surface area contributed by atoms with Gasteiger partial charge in [0.25, 0.3) is 0 Å². The van der Waals surface area contributed by atoms with E-state index in [-0.39, 0.29) is 13.2 Å². The number of methoxy groups -OCH3 is 1. The van der Waals surface area contributed by atoms with Crippen LogP contribution in [0.15, 0.2) is 42.5 Å². The van der Waals surface area contributed by atoms with Crippen LogP contribution in [0, 0.1) is 0 Å². The van der Waals surface area contributed by atoms with E-state index in [9.17, 15) is 4.79 Å². The summed E-state index contributed by atoms with van der Waals surface area (Å²) in [5.74, 6) is 0.644. The van der Waals surface area contributed by atoms with Gasteiger partial charge >= 0.3 is 5.97 Å². The van der Waals surface area contributed by atoms with Crippen molar-refractivity contribution < 1.29 is 19.0 Å². The van der Waals surface area contributed by atoms with E-state index >= 15 is 0 Å². The zero-order valence-electron chi connectivity index (χ0n) is 11.8. The highest BCUT2D eigenvalue weighted by atomic mass is 35.5. The summed E-state index contributed by atoms with van der Waals surface area (Å²) < 4.78 is 15.5. The Balaban J connectivity index is 1.80. The Kier molecular flexibility index (Phi) is 5.92. The zero-order chi connectivity index (χ0) is 15.9. The van der Waals surface area contributed by atoms with E-state index in [1.54, 1.807) is 37.4 Å². The molecule has 0 aliphatic heterocycles. The van der Waals surface area contributed by atoms with Crippen LogP contribution in [0.25, 0.3) is 0 Å². The molecule has 0 radical (unpaired) electrons. The van der Waals surface area contributed by atoms with Gasteiger partial charge < -0.3 is 14.2 Å². The summed E-state index contributed by atoms with van der Waals surface area (Å²) >= 11 is 11.7. The Labute approximate surface area is 138 Å². The average molecular weight is 341 g/mol. The van der Waals surface area contributed by atoms with Crippen molar-refractivity contribution in [2.75, 3.05) is 13.7 Å². The molecule has 0 aliphatic carbocycles. The van der Waals surface area contributed by atoms with E-state index in [0.717, 1.165) is 11.3 Å². The largest absolute Gasteiger partial charge is 0.497 e. The minimum absolute atomic E-state index is 0.167. The summed E-state index contributed by atoms with van der Waals surface area (Å²) in [6, 6.07) is 12.0. The molecule has 22 heavy (non-hydrogen) atoms. The Hall–Kier alpha value is -1.91. The molecule has 0 aliphatic rings. The number of rotatable bonds is 6. The average Bonchev–Trinajstić information content (AvgIpc) is 2.52. The smallest absolute Gasteiger partial charge is 0.344 e. The standard InChI is InChI=1S/C16H14Cl2O4/c1-20-13-5-2-11(3-6-13)9-22-16(19)10-21-15-7-4-12(17)8-14(15)18/h2-8H,9-10H2,1H3. The van der Waals surface area contributed by atoms with Crippen LogP contribution in [0.4, 0.5) is 0 Å². The van der Waals surface area contributed by atoms with Crippen molar-refractivity contribution in [1.82, 2.24) is 0 Å². The maximum Gasteiger partial charge on any atom is 0.344 e. The molecule has 2 rings (SSSR count). The molecule has 4 nitrogen and oxygen atoms in total. The second-order valence-electron chi connectivity index (χ2n) is 4.37. The molecule has 0 saturated heterocycles. The first kappa shape index (κ1) is 16.5. The molecule has 0 atom stereocenters. The van der Waals surface area contributed by atoms with Gasteiger partial charge in [-0.2, -0.15) is 0 Å². The monoisotopic (exact) mass is 340 g/mol. The maximum atomic E-state index is 11.6. The van der Waals surface area contributed by atoms with Crippen molar-refractivity contribution in [2.24, 2.45) is 0 Å². The maximum absolute atomic E-state index is 11.6. The molecule has 0 amide bonds.